The standard InChI is InChI=1S/C24H28N2O3S/c1-18-6-2-4-8-22(18)25-24(27)15-12-19-10-13-21(14-11-19)30(28,29)26-17-16-20-7-3-5-9-23(20)26/h3,5,7,9-15,18,22H,2,4,6,8,16-17H2,1H3,(H,25,27)/b15-12+/t18-,22-/m0/s1. The van der Waals surface area contributed by atoms with Gasteiger partial charge in [-0.05, 0) is 60.6 Å². The zero-order valence-electron chi connectivity index (χ0n) is 17.3. The summed E-state index contributed by atoms with van der Waals surface area (Å²) < 4.78 is 27.6. The number of amides is 1. The molecule has 1 N–H and O–H groups in total. The minimum atomic E-state index is -3.60. The van der Waals surface area contributed by atoms with E-state index in [-0.39, 0.29) is 16.8 Å². The SMILES string of the molecule is C[C@H]1CCCC[C@@H]1NC(=O)/C=C/c1ccc(S(=O)(=O)N2CCc3ccccc32)cc1. The number of hydrogen-bond donors (Lipinski definition) is 1. The van der Waals surface area contributed by atoms with Crippen LogP contribution in [0.2, 0.25) is 0 Å². The number of anilines is 1. The summed E-state index contributed by atoms with van der Waals surface area (Å²) >= 11 is 0. The smallest absolute Gasteiger partial charge is 0.264 e. The topological polar surface area (TPSA) is 66.5 Å². The van der Waals surface area contributed by atoms with Crippen LogP contribution in [-0.2, 0) is 21.2 Å². The molecule has 1 saturated carbocycles. The number of carbonyl (C=O) groups excluding carboxylic acids is 1. The number of para-hydroxylation sites is 1. The lowest BCUT2D eigenvalue weighted by atomic mass is 9.86. The van der Waals surface area contributed by atoms with Gasteiger partial charge in [0, 0.05) is 18.7 Å². The summed E-state index contributed by atoms with van der Waals surface area (Å²) in [4.78, 5) is 12.5. The summed E-state index contributed by atoms with van der Waals surface area (Å²) in [6.07, 6.45) is 8.58. The largest absolute Gasteiger partial charge is 0.350 e. The average molecular weight is 425 g/mol. The Morgan fingerprint density at radius 2 is 1.80 bits per heavy atom. The molecule has 0 bridgehead atoms. The lowest BCUT2D eigenvalue weighted by molar-refractivity contribution is -0.117. The molecule has 0 aromatic heterocycles. The molecular weight excluding hydrogens is 396 g/mol. The number of nitrogens with one attached hydrogen (secondary N) is 1. The van der Waals surface area contributed by atoms with Gasteiger partial charge >= 0.3 is 0 Å². The van der Waals surface area contributed by atoms with Gasteiger partial charge in [0.05, 0.1) is 10.6 Å². The molecule has 1 aliphatic carbocycles. The van der Waals surface area contributed by atoms with Gasteiger partial charge in [0.1, 0.15) is 0 Å². The van der Waals surface area contributed by atoms with Gasteiger partial charge in [-0.2, -0.15) is 0 Å². The van der Waals surface area contributed by atoms with Crippen LogP contribution in [0.1, 0.15) is 43.7 Å². The maximum Gasteiger partial charge on any atom is 0.264 e. The van der Waals surface area contributed by atoms with Gasteiger partial charge in [-0.1, -0.05) is 50.1 Å². The Kier molecular flexibility index (Phi) is 5.95. The van der Waals surface area contributed by atoms with Crippen molar-refractivity contribution in [2.45, 2.75) is 50.0 Å². The van der Waals surface area contributed by atoms with Gasteiger partial charge in [0.15, 0.2) is 0 Å². The molecule has 2 aromatic rings. The Bertz CT molecular complexity index is 1040. The molecule has 1 amide bonds. The van der Waals surface area contributed by atoms with E-state index < -0.39 is 10.0 Å². The Balaban J connectivity index is 1.43. The average Bonchev–Trinajstić information content (AvgIpc) is 3.19. The Morgan fingerprint density at radius 3 is 2.57 bits per heavy atom. The van der Waals surface area contributed by atoms with Crippen molar-refractivity contribution < 1.29 is 13.2 Å². The molecule has 1 fully saturated rings. The lowest BCUT2D eigenvalue weighted by Crippen LogP contribution is -2.40. The quantitative estimate of drug-likeness (QED) is 0.734. The fourth-order valence-corrected chi connectivity index (χ4v) is 5.87. The molecule has 2 atom stereocenters. The summed E-state index contributed by atoms with van der Waals surface area (Å²) in [6.45, 7) is 2.65. The van der Waals surface area contributed by atoms with Crippen LogP contribution < -0.4 is 9.62 Å². The Morgan fingerprint density at radius 1 is 1.07 bits per heavy atom. The Hall–Kier alpha value is -2.60. The first-order chi connectivity index (χ1) is 14.4. The number of sulfonamides is 1. The summed E-state index contributed by atoms with van der Waals surface area (Å²) in [5, 5.41) is 3.09. The van der Waals surface area contributed by atoms with E-state index in [1.165, 1.54) is 16.8 Å². The molecule has 4 rings (SSSR count). The van der Waals surface area contributed by atoms with Crippen LogP contribution in [0.25, 0.3) is 6.08 Å². The van der Waals surface area contributed by atoms with Crippen LogP contribution in [0.15, 0.2) is 59.5 Å². The van der Waals surface area contributed by atoms with Crippen molar-refractivity contribution in [3.63, 3.8) is 0 Å². The van der Waals surface area contributed by atoms with Crippen molar-refractivity contribution in [2.75, 3.05) is 10.8 Å². The third kappa shape index (κ3) is 4.29. The second kappa shape index (κ2) is 8.64. The van der Waals surface area contributed by atoms with Crippen LogP contribution in [0.3, 0.4) is 0 Å². The number of carbonyl (C=O) groups is 1. The van der Waals surface area contributed by atoms with Crippen molar-refractivity contribution in [3.05, 3.63) is 65.7 Å². The van der Waals surface area contributed by atoms with Crippen molar-refractivity contribution in [3.8, 4) is 0 Å². The molecule has 6 heteroatoms. The third-order valence-electron chi connectivity index (χ3n) is 6.18. The molecular formula is C24H28N2O3S. The van der Waals surface area contributed by atoms with Crippen LogP contribution in [0.5, 0.6) is 0 Å². The van der Waals surface area contributed by atoms with E-state index in [2.05, 4.69) is 12.2 Å². The predicted octanol–water partition coefficient (Wildman–Crippen LogP) is 4.15. The normalized spacial score (nSPS) is 21.6. The molecule has 5 nitrogen and oxygen atoms in total. The molecule has 1 aliphatic heterocycles. The lowest BCUT2D eigenvalue weighted by Gasteiger charge is -2.29. The third-order valence-corrected chi connectivity index (χ3v) is 8.01. The van der Waals surface area contributed by atoms with Gasteiger partial charge in [0.2, 0.25) is 5.91 Å². The van der Waals surface area contributed by atoms with E-state index in [0.29, 0.717) is 12.5 Å². The van der Waals surface area contributed by atoms with E-state index in [9.17, 15) is 13.2 Å². The molecule has 0 unspecified atom stereocenters. The van der Waals surface area contributed by atoms with Crippen LogP contribution >= 0.6 is 0 Å². The number of benzene rings is 2. The minimum Gasteiger partial charge on any atom is -0.350 e. The first kappa shape index (κ1) is 20.7. The fraction of sp³-hybridized carbons (Fsp3) is 0.375. The first-order valence-corrected chi connectivity index (χ1v) is 12.1. The van der Waals surface area contributed by atoms with Crippen molar-refractivity contribution in [2.24, 2.45) is 5.92 Å². The Labute approximate surface area is 178 Å². The highest BCUT2D eigenvalue weighted by Gasteiger charge is 2.30. The number of nitrogens with zero attached hydrogens (tertiary/aromatic N) is 1. The van der Waals surface area contributed by atoms with Crippen molar-refractivity contribution in [1.29, 1.82) is 0 Å². The number of hydrogen-bond acceptors (Lipinski definition) is 3. The van der Waals surface area contributed by atoms with Crippen molar-refractivity contribution >= 4 is 27.7 Å². The highest BCUT2D eigenvalue weighted by molar-refractivity contribution is 7.92. The van der Waals surface area contributed by atoms with Gasteiger partial charge in [0.25, 0.3) is 10.0 Å². The first-order valence-electron chi connectivity index (χ1n) is 10.6. The summed E-state index contributed by atoms with van der Waals surface area (Å²) in [5.74, 6) is 0.412. The van der Waals surface area contributed by atoms with Gasteiger partial charge in [-0.15, -0.1) is 0 Å². The van der Waals surface area contributed by atoms with Crippen LogP contribution in [0.4, 0.5) is 5.69 Å². The van der Waals surface area contributed by atoms with E-state index >= 15 is 0 Å². The molecule has 158 valence electrons. The van der Waals surface area contributed by atoms with E-state index in [1.54, 1.807) is 30.3 Å². The molecule has 0 saturated heterocycles. The molecule has 30 heavy (non-hydrogen) atoms. The highest BCUT2D eigenvalue weighted by atomic mass is 32.2. The molecule has 0 spiro atoms. The fourth-order valence-electron chi connectivity index (χ4n) is 4.37. The molecule has 0 radical (unpaired) electrons. The zero-order chi connectivity index (χ0) is 21.1. The van der Waals surface area contributed by atoms with Crippen LogP contribution in [0, 0.1) is 5.92 Å². The zero-order valence-corrected chi connectivity index (χ0v) is 18.1. The molecule has 1 heterocycles. The summed E-state index contributed by atoms with van der Waals surface area (Å²) in [6, 6.07) is 14.5. The molecule has 2 aliphatic rings. The van der Waals surface area contributed by atoms with Crippen molar-refractivity contribution in [1.82, 2.24) is 5.32 Å². The van der Waals surface area contributed by atoms with Gasteiger partial charge < -0.3 is 5.32 Å². The minimum absolute atomic E-state index is 0.0980. The molecule has 2 aromatic carbocycles. The van der Waals surface area contributed by atoms with Gasteiger partial charge in [-0.3, -0.25) is 9.10 Å². The number of rotatable bonds is 5. The van der Waals surface area contributed by atoms with E-state index in [0.717, 1.165) is 42.5 Å². The summed E-state index contributed by atoms with van der Waals surface area (Å²) in [7, 11) is -3.60. The summed E-state index contributed by atoms with van der Waals surface area (Å²) in [5.41, 5.74) is 2.61. The number of fused-ring (bicyclic) bond motifs is 1. The second-order valence-electron chi connectivity index (χ2n) is 8.24. The van der Waals surface area contributed by atoms with E-state index in [4.69, 9.17) is 0 Å². The second-order valence-corrected chi connectivity index (χ2v) is 10.1. The predicted molar refractivity (Wildman–Crippen MR) is 120 cm³/mol. The monoisotopic (exact) mass is 424 g/mol. The van der Waals surface area contributed by atoms with Gasteiger partial charge in [-0.25, -0.2) is 8.42 Å². The van der Waals surface area contributed by atoms with E-state index in [1.807, 2.05) is 24.3 Å². The highest BCUT2D eigenvalue weighted by Crippen LogP contribution is 2.32. The maximum absolute atomic E-state index is 13.1. The maximum atomic E-state index is 13.1. The van der Waals surface area contributed by atoms with Crippen LogP contribution in [-0.4, -0.2) is 26.9 Å².